The van der Waals surface area contributed by atoms with E-state index in [1.165, 1.54) is 6.42 Å². The molecule has 4 saturated carbocycles. The first-order valence-electron chi connectivity index (χ1n) is 11.7. The maximum Gasteiger partial charge on any atom is 0.141 e. The fourth-order valence-electron chi connectivity index (χ4n) is 8.02. The molecule has 1 saturated heterocycles. The molecule has 5 aliphatic rings. The van der Waals surface area contributed by atoms with Crippen LogP contribution >= 0.6 is 12.4 Å². The van der Waals surface area contributed by atoms with Crippen molar-refractivity contribution >= 4 is 18.1 Å². The van der Waals surface area contributed by atoms with Crippen LogP contribution in [-0.4, -0.2) is 47.3 Å². The van der Waals surface area contributed by atoms with E-state index in [2.05, 4.69) is 24.3 Å². The SMILES string of the molecule is C[C@]12CC[C@H]3[C@@H](C[C@H](O)C4CC(=NO[C@@H]5CCNC5)CC[C@@]43C)[C@@H]1CC[C@@H]2O.Cl. The molecule has 5 nitrogen and oxygen atoms in total. The zero-order chi connectivity index (χ0) is 19.5. The summed E-state index contributed by atoms with van der Waals surface area (Å²) >= 11 is 0. The average molecular weight is 427 g/mol. The Hall–Kier alpha value is -0.360. The first kappa shape index (κ1) is 21.9. The molecule has 3 N–H and O–H groups in total. The van der Waals surface area contributed by atoms with Gasteiger partial charge in [-0.05, 0) is 92.4 Å². The minimum atomic E-state index is -0.245. The van der Waals surface area contributed by atoms with Crippen molar-refractivity contribution in [1.29, 1.82) is 0 Å². The topological polar surface area (TPSA) is 74.1 Å². The van der Waals surface area contributed by atoms with Crippen molar-refractivity contribution < 1.29 is 15.1 Å². The summed E-state index contributed by atoms with van der Waals surface area (Å²) in [6, 6.07) is 0. The largest absolute Gasteiger partial charge is 0.393 e. The molecule has 1 aliphatic heterocycles. The van der Waals surface area contributed by atoms with Crippen molar-refractivity contribution in [2.75, 3.05) is 13.1 Å². The molecule has 0 spiro atoms. The van der Waals surface area contributed by atoms with Crippen LogP contribution < -0.4 is 5.32 Å². The Morgan fingerprint density at radius 2 is 1.79 bits per heavy atom. The lowest BCUT2D eigenvalue weighted by Crippen LogP contribution is -2.58. The molecule has 29 heavy (non-hydrogen) atoms. The quantitative estimate of drug-likeness (QED) is 0.590. The molecule has 0 bridgehead atoms. The van der Waals surface area contributed by atoms with Crippen molar-refractivity contribution in [2.45, 2.75) is 89.9 Å². The van der Waals surface area contributed by atoms with E-state index in [1.807, 2.05) is 0 Å². The Morgan fingerprint density at radius 1 is 1.00 bits per heavy atom. The molecule has 9 atom stereocenters. The molecule has 0 amide bonds. The van der Waals surface area contributed by atoms with Crippen LogP contribution in [0.5, 0.6) is 0 Å². The molecule has 0 aromatic rings. The fraction of sp³-hybridized carbons (Fsp3) is 0.957. The summed E-state index contributed by atoms with van der Waals surface area (Å²) in [6.45, 7) is 6.68. The number of nitrogens with zero attached hydrogens (tertiary/aromatic N) is 1. The summed E-state index contributed by atoms with van der Waals surface area (Å²) in [5.74, 6) is 2.15. The molecule has 5 rings (SSSR count). The second kappa shape index (κ2) is 7.96. The molecule has 1 heterocycles. The maximum absolute atomic E-state index is 11.2. The van der Waals surface area contributed by atoms with Crippen LogP contribution in [0.3, 0.4) is 0 Å². The number of hydrogen-bond donors (Lipinski definition) is 3. The van der Waals surface area contributed by atoms with Crippen LogP contribution in [0.4, 0.5) is 0 Å². The van der Waals surface area contributed by atoms with E-state index in [4.69, 9.17) is 4.84 Å². The van der Waals surface area contributed by atoms with Crippen LogP contribution in [0.15, 0.2) is 5.16 Å². The number of oxime groups is 1. The van der Waals surface area contributed by atoms with Gasteiger partial charge < -0.3 is 20.4 Å². The molecular weight excluding hydrogens is 388 g/mol. The average Bonchev–Trinajstić information content (AvgIpc) is 3.29. The highest BCUT2D eigenvalue weighted by Crippen LogP contribution is 2.66. The monoisotopic (exact) mass is 426 g/mol. The van der Waals surface area contributed by atoms with Crippen LogP contribution in [0.2, 0.25) is 0 Å². The highest BCUT2D eigenvalue weighted by Gasteiger charge is 2.61. The number of rotatable bonds is 2. The predicted molar refractivity (Wildman–Crippen MR) is 116 cm³/mol. The summed E-state index contributed by atoms with van der Waals surface area (Å²) in [4.78, 5) is 5.79. The third kappa shape index (κ3) is 3.44. The molecule has 0 aromatic heterocycles. The number of hydrogen-bond acceptors (Lipinski definition) is 5. The van der Waals surface area contributed by atoms with Gasteiger partial charge in [-0.15, -0.1) is 12.4 Å². The molecular formula is C23H39ClN2O3. The van der Waals surface area contributed by atoms with Crippen LogP contribution in [-0.2, 0) is 4.84 Å². The Kier molecular flexibility index (Phi) is 6.00. The molecule has 4 aliphatic carbocycles. The number of aliphatic hydroxyl groups is 2. The van der Waals surface area contributed by atoms with Gasteiger partial charge >= 0.3 is 0 Å². The van der Waals surface area contributed by atoms with Gasteiger partial charge in [0.15, 0.2) is 0 Å². The van der Waals surface area contributed by atoms with Crippen molar-refractivity contribution in [2.24, 2.45) is 39.7 Å². The number of fused-ring (bicyclic) bond motifs is 5. The smallest absolute Gasteiger partial charge is 0.141 e. The van der Waals surface area contributed by atoms with Gasteiger partial charge in [0.2, 0.25) is 0 Å². The van der Waals surface area contributed by atoms with Gasteiger partial charge in [-0.1, -0.05) is 19.0 Å². The summed E-state index contributed by atoms with van der Waals surface area (Å²) in [5.41, 5.74) is 1.43. The predicted octanol–water partition coefficient (Wildman–Crippen LogP) is 3.52. The zero-order valence-corrected chi connectivity index (χ0v) is 18.8. The van der Waals surface area contributed by atoms with Gasteiger partial charge in [0, 0.05) is 13.0 Å². The Balaban J connectivity index is 0.00000205. The highest BCUT2D eigenvalue weighted by atomic mass is 35.5. The Labute approximate surface area is 181 Å². The summed E-state index contributed by atoms with van der Waals surface area (Å²) < 4.78 is 0. The van der Waals surface area contributed by atoms with Crippen LogP contribution in [0.1, 0.15) is 71.6 Å². The van der Waals surface area contributed by atoms with E-state index in [0.717, 1.165) is 70.2 Å². The zero-order valence-electron chi connectivity index (χ0n) is 18.0. The third-order valence-electron chi connectivity index (χ3n) is 9.81. The van der Waals surface area contributed by atoms with Gasteiger partial charge in [0.1, 0.15) is 6.10 Å². The van der Waals surface area contributed by atoms with E-state index in [1.54, 1.807) is 0 Å². The van der Waals surface area contributed by atoms with E-state index < -0.39 is 0 Å². The lowest BCUT2D eigenvalue weighted by Gasteiger charge is -2.61. The molecule has 5 fully saturated rings. The molecule has 166 valence electrons. The first-order chi connectivity index (χ1) is 13.4. The number of halogens is 1. The molecule has 6 heteroatoms. The second-order valence-electron chi connectivity index (χ2n) is 11.0. The molecule has 0 aromatic carbocycles. The number of aliphatic hydroxyl groups excluding tert-OH is 2. The Morgan fingerprint density at radius 3 is 2.55 bits per heavy atom. The van der Waals surface area contributed by atoms with E-state index >= 15 is 0 Å². The highest BCUT2D eigenvalue weighted by molar-refractivity contribution is 5.85. The van der Waals surface area contributed by atoms with Crippen molar-refractivity contribution in [3.63, 3.8) is 0 Å². The van der Waals surface area contributed by atoms with E-state index in [0.29, 0.717) is 23.7 Å². The van der Waals surface area contributed by atoms with Gasteiger partial charge in [-0.2, -0.15) is 0 Å². The summed E-state index contributed by atoms with van der Waals surface area (Å²) in [7, 11) is 0. The standard InChI is InChI=1S/C23H38N2O3.ClH/c1-22-8-5-14(25-28-15-7-10-24-13-15)11-19(22)20(26)12-16-17-3-4-21(27)23(17,2)9-6-18(16)22;/h15-21,24,26-27H,3-13H2,1-2H3;1H/t15-,16+,17+,18+,19?,20+,21+,22-,23+;/m1./s1. The van der Waals surface area contributed by atoms with Crippen molar-refractivity contribution in [1.82, 2.24) is 5.32 Å². The number of nitrogens with one attached hydrogen (secondary N) is 1. The van der Waals surface area contributed by atoms with Crippen LogP contribution in [0.25, 0.3) is 0 Å². The Bertz CT molecular complexity index is 640. The van der Waals surface area contributed by atoms with E-state index in [9.17, 15) is 10.2 Å². The lowest BCUT2D eigenvalue weighted by molar-refractivity contribution is -0.153. The summed E-state index contributed by atoms with van der Waals surface area (Å²) in [5, 5.41) is 29.7. The first-order valence-corrected chi connectivity index (χ1v) is 11.7. The maximum atomic E-state index is 11.2. The molecule has 0 radical (unpaired) electrons. The van der Waals surface area contributed by atoms with Gasteiger partial charge in [0.05, 0.1) is 17.9 Å². The van der Waals surface area contributed by atoms with Crippen molar-refractivity contribution in [3.05, 3.63) is 0 Å². The fourth-order valence-corrected chi connectivity index (χ4v) is 8.02. The second-order valence-corrected chi connectivity index (χ2v) is 11.0. The minimum absolute atomic E-state index is 0. The van der Waals surface area contributed by atoms with Gasteiger partial charge in [0.25, 0.3) is 0 Å². The van der Waals surface area contributed by atoms with Gasteiger partial charge in [-0.25, -0.2) is 0 Å². The molecule has 1 unspecified atom stereocenters. The third-order valence-corrected chi connectivity index (χ3v) is 9.81. The minimum Gasteiger partial charge on any atom is -0.393 e. The van der Waals surface area contributed by atoms with E-state index in [-0.39, 0.29) is 41.5 Å². The van der Waals surface area contributed by atoms with Gasteiger partial charge in [-0.3, -0.25) is 0 Å². The lowest BCUT2D eigenvalue weighted by atomic mass is 9.44. The summed E-state index contributed by atoms with van der Waals surface area (Å²) in [6.07, 6.45) is 9.25. The van der Waals surface area contributed by atoms with Crippen LogP contribution in [0, 0.1) is 34.5 Å². The normalized spacial score (nSPS) is 53.0. The van der Waals surface area contributed by atoms with Crippen molar-refractivity contribution in [3.8, 4) is 0 Å².